The van der Waals surface area contributed by atoms with Gasteiger partial charge in [-0.15, -0.1) is 0 Å². The van der Waals surface area contributed by atoms with Crippen LogP contribution in [0.2, 0.25) is 0 Å². The molecule has 1 aromatic rings. The molecule has 0 saturated carbocycles. The summed E-state index contributed by atoms with van der Waals surface area (Å²) in [6.45, 7) is 6.28. The highest BCUT2D eigenvalue weighted by molar-refractivity contribution is 5.52. The maximum atomic E-state index is 10.6. The number of phenols is 2. The Morgan fingerprint density at radius 2 is 1.96 bits per heavy atom. The van der Waals surface area contributed by atoms with E-state index in [2.05, 4.69) is 5.32 Å². The van der Waals surface area contributed by atoms with Crippen molar-refractivity contribution in [1.82, 2.24) is 5.32 Å². The summed E-state index contributed by atoms with van der Waals surface area (Å²) < 4.78 is 5.57. The van der Waals surface area contributed by atoms with Crippen LogP contribution < -0.4 is 10.1 Å². The Bertz CT molecular complexity index is 504. The van der Waals surface area contributed by atoms with Crippen molar-refractivity contribution in [3.05, 3.63) is 17.7 Å². The number of carbonyl (C=O) groups is 1. The Morgan fingerprint density at radius 1 is 1.26 bits per heavy atom. The second kappa shape index (κ2) is 9.37. The molecule has 6 nitrogen and oxygen atoms in total. The average molecular weight is 325 g/mol. The van der Waals surface area contributed by atoms with Crippen molar-refractivity contribution in [3.63, 3.8) is 0 Å². The van der Waals surface area contributed by atoms with Gasteiger partial charge in [0.25, 0.3) is 0 Å². The second-order valence-electron chi connectivity index (χ2n) is 6.18. The first-order chi connectivity index (χ1) is 10.8. The van der Waals surface area contributed by atoms with Gasteiger partial charge in [-0.3, -0.25) is 0 Å². The van der Waals surface area contributed by atoms with Crippen molar-refractivity contribution in [3.8, 4) is 17.2 Å². The van der Waals surface area contributed by atoms with Gasteiger partial charge in [0.05, 0.1) is 0 Å². The third kappa shape index (κ3) is 6.88. The standard InChI is InChI=1S/C17H27NO5/c1-11(2)18-9-14(21)10-23-17-8-13(20)7-16(22)15(17)6-12(3)4-5-19/h5,7-8,11-12,14,18,20-22H,4,6,9-10H2,1-3H3/t12-,14?/m1/s1. The maximum Gasteiger partial charge on any atom is 0.130 e. The lowest BCUT2D eigenvalue weighted by molar-refractivity contribution is -0.108. The molecule has 0 heterocycles. The third-order valence-electron chi connectivity index (χ3n) is 3.41. The van der Waals surface area contributed by atoms with E-state index in [1.165, 1.54) is 12.1 Å². The zero-order valence-corrected chi connectivity index (χ0v) is 14.0. The molecular weight excluding hydrogens is 298 g/mol. The van der Waals surface area contributed by atoms with Crippen molar-refractivity contribution < 1.29 is 24.9 Å². The summed E-state index contributed by atoms with van der Waals surface area (Å²) in [4.78, 5) is 10.6. The molecule has 0 spiro atoms. The summed E-state index contributed by atoms with van der Waals surface area (Å²) in [5, 5.41) is 32.7. The van der Waals surface area contributed by atoms with Gasteiger partial charge in [0.2, 0.25) is 0 Å². The van der Waals surface area contributed by atoms with E-state index in [9.17, 15) is 20.1 Å². The van der Waals surface area contributed by atoms with Gasteiger partial charge in [0.1, 0.15) is 36.2 Å². The number of rotatable bonds is 10. The number of ether oxygens (including phenoxy) is 1. The number of benzene rings is 1. The molecule has 23 heavy (non-hydrogen) atoms. The number of carbonyl (C=O) groups excluding carboxylic acids is 1. The van der Waals surface area contributed by atoms with E-state index in [0.29, 0.717) is 30.7 Å². The number of phenolic OH excluding ortho intramolecular Hbond substituents is 2. The Kier molecular flexibility index (Phi) is 7.85. The molecule has 1 unspecified atom stereocenters. The number of aromatic hydroxyl groups is 2. The fourth-order valence-corrected chi connectivity index (χ4v) is 2.16. The van der Waals surface area contributed by atoms with Crippen molar-refractivity contribution in [2.24, 2.45) is 5.92 Å². The number of hydrogen-bond donors (Lipinski definition) is 4. The van der Waals surface area contributed by atoms with Gasteiger partial charge in [0.15, 0.2) is 0 Å². The van der Waals surface area contributed by atoms with Crippen molar-refractivity contribution in [2.75, 3.05) is 13.2 Å². The minimum atomic E-state index is -0.706. The van der Waals surface area contributed by atoms with E-state index in [4.69, 9.17) is 4.74 Å². The van der Waals surface area contributed by atoms with Crippen molar-refractivity contribution >= 4 is 6.29 Å². The summed E-state index contributed by atoms with van der Waals surface area (Å²) in [5.74, 6) is 0.174. The van der Waals surface area contributed by atoms with Crippen molar-refractivity contribution in [1.29, 1.82) is 0 Å². The van der Waals surface area contributed by atoms with Crippen LogP contribution in [0.15, 0.2) is 12.1 Å². The molecule has 0 fully saturated rings. The molecule has 0 bridgehead atoms. The molecule has 1 rings (SSSR count). The summed E-state index contributed by atoms with van der Waals surface area (Å²) in [6, 6.07) is 2.91. The molecule has 0 amide bonds. The summed E-state index contributed by atoms with van der Waals surface area (Å²) >= 11 is 0. The number of nitrogens with one attached hydrogen (secondary N) is 1. The van der Waals surface area contributed by atoms with Gasteiger partial charge >= 0.3 is 0 Å². The molecule has 1 aromatic carbocycles. The zero-order valence-electron chi connectivity index (χ0n) is 14.0. The van der Waals surface area contributed by atoms with Crippen LogP contribution in [0.25, 0.3) is 0 Å². The number of hydrogen-bond acceptors (Lipinski definition) is 6. The number of aldehydes is 1. The largest absolute Gasteiger partial charge is 0.508 e. The molecule has 0 aliphatic carbocycles. The highest BCUT2D eigenvalue weighted by Gasteiger charge is 2.16. The van der Waals surface area contributed by atoms with Gasteiger partial charge in [0, 0.05) is 36.7 Å². The van der Waals surface area contributed by atoms with Gasteiger partial charge in [-0.05, 0) is 12.3 Å². The first-order valence-corrected chi connectivity index (χ1v) is 7.86. The first-order valence-electron chi connectivity index (χ1n) is 7.86. The van der Waals surface area contributed by atoms with Gasteiger partial charge < -0.3 is 30.2 Å². The molecule has 0 aliphatic rings. The zero-order chi connectivity index (χ0) is 17.4. The molecular formula is C17H27NO5. The highest BCUT2D eigenvalue weighted by Crippen LogP contribution is 2.35. The predicted octanol–water partition coefficient (Wildman–Crippen LogP) is 1.60. The normalized spacial score (nSPS) is 13.8. The fourth-order valence-electron chi connectivity index (χ4n) is 2.16. The molecule has 2 atom stereocenters. The molecule has 0 saturated heterocycles. The van der Waals surface area contributed by atoms with Crippen LogP contribution in [-0.4, -0.2) is 46.9 Å². The van der Waals surface area contributed by atoms with E-state index in [0.717, 1.165) is 6.29 Å². The Morgan fingerprint density at radius 3 is 2.57 bits per heavy atom. The van der Waals surface area contributed by atoms with Crippen LogP contribution in [0.1, 0.15) is 32.8 Å². The third-order valence-corrected chi connectivity index (χ3v) is 3.41. The lowest BCUT2D eigenvalue weighted by atomic mass is 9.97. The van der Waals surface area contributed by atoms with Crippen LogP contribution in [0, 0.1) is 5.92 Å². The number of aliphatic hydroxyl groups excluding tert-OH is 1. The predicted molar refractivity (Wildman–Crippen MR) is 88.0 cm³/mol. The van der Waals surface area contributed by atoms with Crippen LogP contribution >= 0.6 is 0 Å². The molecule has 6 heteroatoms. The van der Waals surface area contributed by atoms with Crippen LogP contribution in [0.5, 0.6) is 17.2 Å². The van der Waals surface area contributed by atoms with Crippen LogP contribution in [0.3, 0.4) is 0 Å². The van der Waals surface area contributed by atoms with Crippen molar-refractivity contribution in [2.45, 2.75) is 45.8 Å². The second-order valence-corrected chi connectivity index (χ2v) is 6.18. The minimum Gasteiger partial charge on any atom is -0.508 e. The van der Waals surface area contributed by atoms with E-state index < -0.39 is 6.10 Å². The quantitative estimate of drug-likeness (QED) is 0.488. The number of aliphatic hydroxyl groups is 1. The molecule has 0 aliphatic heterocycles. The average Bonchev–Trinajstić information content (AvgIpc) is 2.46. The van der Waals surface area contributed by atoms with Gasteiger partial charge in [-0.25, -0.2) is 0 Å². The van der Waals surface area contributed by atoms with E-state index in [-0.39, 0.29) is 30.1 Å². The topological polar surface area (TPSA) is 99.0 Å². The molecule has 0 radical (unpaired) electrons. The van der Waals surface area contributed by atoms with E-state index >= 15 is 0 Å². The smallest absolute Gasteiger partial charge is 0.130 e. The molecule has 0 aromatic heterocycles. The minimum absolute atomic E-state index is 0.0394. The lowest BCUT2D eigenvalue weighted by Crippen LogP contribution is -2.35. The molecule has 130 valence electrons. The SMILES string of the molecule is CC(C)NCC(O)COc1cc(O)cc(O)c1C[C@H](C)CC=O. The van der Waals surface area contributed by atoms with Crippen LogP contribution in [-0.2, 0) is 11.2 Å². The van der Waals surface area contributed by atoms with Gasteiger partial charge in [-0.2, -0.15) is 0 Å². The monoisotopic (exact) mass is 325 g/mol. The van der Waals surface area contributed by atoms with Gasteiger partial charge in [-0.1, -0.05) is 20.8 Å². The maximum absolute atomic E-state index is 10.6. The highest BCUT2D eigenvalue weighted by atomic mass is 16.5. The van der Waals surface area contributed by atoms with Crippen LogP contribution in [0.4, 0.5) is 0 Å². The molecule has 4 N–H and O–H groups in total. The van der Waals surface area contributed by atoms with E-state index in [1.807, 2.05) is 20.8 Å². The Labute approximate surface area is 137 Å². The lowest BCUT2D eigenvalue weighted by Gasteiger charge is -2.19. The summed E-state index contributed by atoms with van der Waals surface area (Å²) in [7, 11) is 0. The summed E-state index contributed by atoms with van der Waals surface area (Å²) in [5.41, 5.74) is 0.529. The van der Waals surface area contributed by atoms with E-state index in [1.54, 1.807) is 0 Å². The fraction of sp³-hybridized carbons (Fsp3) is 0.588. The first kappa shape index (κ1) is 19.3. The summed E-state index contributed by atoms with van der Waals surface area (Å²) in [6.07, 6.45) is 0.952. The Balaban J connectivity index is 2.77. The Hall–Kier alpha value is -1.79.